The van der Waals surface area contributed by atoms with Gasteiger partial charge in [0.1, 0.15) is 0 Å². The fourth-order valence-corrected chi connectivity index (χ4v) is 1.90. The molecule has 1 aliphatic rings. The highest BCUT2D eigenvalue weighted by molar-refractivity contribution is 6.01. The molecule has 0 atom stereocenters. The van der Waals surface area contributed by atoms with Gasteiger partial charge >= 0.3 is 5.97 Å². The van der Waals surface area contributed by atoms with Crippen LogP contribution in [-0.2, 0) is 38.2 Å². The second-order valence-corrected chi connectivity index (χ2v) is 5.35. The summed E-state index contributed by atoms with van der Waals surface area (Å²) in [6, 6.07) is 0. The van der Waals surface area contributed by atoms with Crippen molar-refractivity contribution in [1.82, 2.24) is 10.4 Å². The number of carbonyl (C=O) groups is 3. The molecule has 0 aromatic carbocycles. The van der Waals surface area contributed by atoms with Crippen molar-refractivity contribution < 1.29 is 38.2 Å². The zero-order valence-corrected chi connectivity index (χ0v) is 15.2. The Balaban J connectivity index is 1.82. The molecule has 1 heterocycles. The largest absolute Gasteiger partial charge is 0.378 e. The molecule has 0 saturated carbocycles. The van der Waals surface area contributed by atoms with E-state index < -0.39 is 17.8 Å². The number of rotatable bonds is 16. The summed E-state index contributed by atoms with van der Waals surface area (Å²) in [5.41, 5.74) is 0. The van der Waals surface area contributed by atoms with Crippen molar-refractivity contribution >= 4 is 17.8 Å². The first kappa shape index (κ1) is 22.5. The molecule has 0 unspecified atom stereocenters. The Labute approximate surface area is 153 Å². The van der Waals surface area contributed by atoms with Crippen LogP contribution in [0.4, 0.5) is 0 Å². The van der Waals surface area contributed by atoms with E-state index in [4.69, 9.17) is 23.8 Å². The number of likely N-dealkylation sites (N-methyl/N-ethyl adjacent to an activating group) is 1. The van der Waals surface area contributed by atoms with Crippen molar-refractivity contribution in [3.8, 4) is 0 Å². The monoisotopic (exact) mass is 376 g/mol. The van der Waals surface area contributed by atoms with Gasteiger partial charge in [-0.1, -0.05) is 0 Å². The van der Waals surface area contributed by atoms with E-state index in [-0.39, 0.29) is 25.9 Å². The number of imide groups is 1. The molecular formula is C16H28N2O8. The minimum atomic E-state index is -0.681. The van der Waals surface area contributed by atoms with Gasteiger partial charge in [-0.2, -0.15) is 0 Å². The van der Waals surface area contributed by atoms with Crippen molar-refractivity contribution in [3.63, 3.8) is 0 Å². The molecule has 2 amide bonds. The number of amides is 2. The first-order chi connectivity index (χ1) is 12.6. The van der Waals surface area contributed by atoms with E-state index in [1.54, 1.807) is 0 Å². The lowest BCUT2D eigenvalue weighted by molar-refractivity contribution is -0.198. The number of carbonyl (C=O) groups excluding carboxylic acids is 3. The zero-order valence-electron chi connectivity index (χ0n) is 15.2. The van der Waals surface area contributed by atoms with E-state index in [0.29, 0.717) is 51.3 Å². The Morgan fingerprint density at radius 3 is 1.81 bits per heavy atom. The summed E-state index contributed by atoms with van der Waals surface area (Å²) in [6.45, 7) is 4.28. The Bertz CT molecular complexity index is 416. The molecule has 10 nitrogen and oxygen atoms in total. The highest BCUT2D eigenvalue weighted by atomic mass is 16.7. The van der Waals surface area contributed by atoms with Crippen LogP contribution in [0, 0.1) is 0 Å². The first-order valence-electron chi connectivity index (χ1n) is 8.67. The molecule has 1 rings (SSSR count). The third-order valence-corrected chi connectivity index (χ3v) is 3.26. The van der Waals surface area contributed by atoms with Gasteiger partial charge in [0.05, 0.1) is 59.3 Å². The maximum atomic E-state index is 11.5. The minimum Gasteiger partial charge on any atom is -0.378 e. The summed E-state index contributed by atoms with van der Waals surface area (Å²) in [5, 5.41) is 3.51. The van der Waals surface area contributed by atoms with E-state index in [1.807, 2.05) is 7.05 Å². The molecule has 150 valence electrons. The summed E-state index contributed by atoms with van der Waals surface area (Å²) >= 11 is 0. The number of hydroxylamine groups is 2. The number of nitrogens with one attached hydrogen (secondary N) is 1. The molecule has 0 spiro atoms. The molecule has 0 radical (unpaired) electrons. The molecule has 10 heteroatoms. The van der Waals surface area contributed by atoms with Crippen LogP contribution < -0.4 is 5.32 Å². The van der Waals surface area contributed by atoms with Crippen LogP contribution in [0.15, 0.2) is 0 Å². The van der Waals surface area contributed by atoms with Gasteiger partial charge in [-0.15, -0.1) is 5.06 Å². The SMILES string of the molecule is CNCCOCCOCCOCCOCCC(=O)ON1C(=O)CCC1=O. The topological polar surface area (TPSA) is 113 Å². The Morgan fingerprint density at radius 2 is 1.31 bits per heavy atom. The van der Waals surface area contributed by atoms with Crippen molar-refractivity contribution in [3.05, 3.63) is 0 Å². The summed E-state index contributed by atoms with van der Waals surface area (Å²) in [5.74, 6) is -1.67. The standard InChI is InChI=1S/C16H28N2O8/c1-17-5-7-23-9-11-25-13-12-24-10-8-22-6-4-16(21)26-18-14(19)2-3-15(18)20/h17H,2-13H2,1H3. The van der Waals surface area contributed by atoms with Crippen LogP contribution in [0.5, 0.6) is 0 Å². The van der Waals surface area contributed by atoms with Crippen LogP contribution in [-0.4, -0.2) is 89.3 Å². The van der Waals surface area contributed by atoms with Gasteiger partial charge in [0.2, 0.25) is 0 Å². The van der Waals surface area contributed by atoms with Crippen molar-refractivity contribution in [2.75, 3.05) is 66.4 Å². The van der Waals surface area contributed by atoms with E-state index in [2.05, 4.69) is 5.32 Å². The molecule has 0 aliphatic carbocycles. The lowest BCUT2D eigenvalue weighted by Gasteiger charge is -2.12. The minimum absolute atomic E-state index is 0.0479. The van der Waals surface area contributed by atoms with E-state index in [1.165, 1.54) is 0 Å². The number of hydrogen-bond acceptors (Lipinski definition) is 9. The van der Waals surface area contributed by atoms with Crippen LogP contribution >= 0.6 is 0 Å². The summed E-state index contributed by atoms with van der Waals surface area (Å²) in [6.07, 6.45) is 0.105. The van der Waals surface area contributed by atoms with Crippen molar-refractivity contribution in [2.24, 2.45) is 0 Å². The summed E-state index contributed by atoms with van der Waals surface area (Å²) < 4.78 is 21.1. The van der Waals surface area contributed by atoms with Gasteiger partial charge in [0.25, 0.3) is 11.8 Å². The quantitative estimate of drug-likeness (QED) is 0.275. The summed E-state index contributed by atoms with van der Waals surface area (Å²) in [7, 11) is 1.87. The van der Waals surface area contributed by atoms with Gasteiger partial charge in [-0.05, 0) is 7.05 Å². The molecule has 0 aromatic rings. The number of ether oxygens (including phenoxy) is 4. The van der Waals surface area contributed by atoms with Crippen LogP contribution in [0.3, 0.4) is 0 Å². The normalized spacial score (nSPS) is 14.3. The predicted molar refractivity (Wildman–Crippen MR) is 89.0 cm³/mol. The third-order valence-electron chi connectivity index (χ3n) is 3.26. The van der Waals surface area contributed by atoms with E-state index in [0.717, 1.165) is 6.54 Å². The van der Waals surface area contributed by atoms with Gasteiger partial charge in [0.15, 0.2) is 0 Å². The second kappa shape index (κ2) is 14.6. The molecule has 0 aromatic heterocycles. The Kier molecular flexibility index (Phi) is 12.6. The first-order valence-corrected chi connectivity index (χ1v) is 8.67. The van der Waals surface area contributed by atoms with E-state index in [9.17, 15) is 14.4 Å². The lowest BCUT2D eigenvalue weighted by Crippen LogP contribution is -2.32. The maximum absolute atomic E-state index is 11.5. The lowest BCUT2D eigenvalue weighted by atomic mass is 10.4. The van der Waals surface area contributed by atoms with Crippen molar-refractivity contribution in [2.45, 2.75) is 19.3 Å². The molecule has 1 saturated heterocycles. The fourth-order valence-electron chi connectivity index (χ4n) is 1.90. The molecule has 1 N–H and O–H groups in total. The predicted octanol–water partition coefficient (Wildman–Crippen LogP) is -0.730. The fraction of sp³-hybridized carbons (Fsp3) is 0.812. The van der Waals surface area contributed by atoms with Crippen molar-refractivity contribution in [1.29, 1.82) is 0 Å². The Morgan fingerprint density at radius 1 is 0.846 bits per heavy atom. The molecule has 1 aliphatic heterocycles. The van der Waals surface area contributed by atoms with Crippen LogP contribution in [0.2, 0.25) is 0 Å². The zero-order chi connectivity index (χ0) is 19.0. The highest BCUT2D eigenvalue weighted by Gasteiger charge is 2.32. The summed E-state index contributed by atoms with van der Waals surface area (Å²) in [4.78, 5) is 38.8. The average Bonchev–Trinajstić information content (AvgIpc) is 2.94. The van der Waals surface area contributed by atoms with Gasteiger partial charge < -0.3 is 29.1 Å². The smallest absolute Gasteiger partial charge is 0.335 e. The molecule has 0 bridgehead atoms. The molecular weight excluding hydrogens is 348 g/mol. The van der Waals surface area contributed by atoms with Gasteiger partial charge in [-0.25, -0.2) is 4.79 Å². The molecule has 1 fully saturated rings. The highest BCUT2D eigenvalue weighted by Crippen LogP contribution is 2.12. The van der Waals surface area contributed by atoms with Crippen LogP contribution in [0.1, 0.15) is 19.3 Å². The van der Waals surface area contributed by atoms with Gasteiger partial charge in [-0.3, -0.25) is 9.59 Å². The second-order valence-electron chi connectivity index (χ2n) is 5.35. The maximum Gasteiger partial charge on any atom is 0.335 e. The molecule has 26 heavy (non-hydrogen) atoms. The number of nitrogens with zero attached hydrogens (tertiary/aromatic N) is 1. The van der Waals surface area contributed by atoms with Crippen LogP contribution in [0.25, 0.3) is 0 Å². The third kappa shape index (κ3) is 10.4. The average molecular weight is 376 g/mol. The number of hydrogen-bond donors (Lipinski definition) is 1. The van der Waals surface area contributed by atoms with E-state index >= 15 is 0 Å². The van der Waals surface area contributed by atoms with Gasteiger partial charge in [0, 0.05) is 19.4 Å². The Hall–Kier alpha value is -1.59.